The van der Waals surface area contributed by atoms with E-state index in [2.05, 4.69) is 10.3 Å². The molecule has 0 radical (unpaired) electrons. The summed E-state index contributed by atoms with van der Waals surface area (Å²) in [6, 6.07) is 11.9. The molecule has 140 valence electrons. The maximum absolute atomic E-state index is 13.4. The number of aryl methyl sites for hydroxylation is 1. The Bertz CT molecular complexity index is 782. The molecule has 0 aliphatic carbocycles. The second-order valence-corrected chi connectivity index (χ2v) is 6.42. The van der Waals surface area contributed by atoms with Gasteiger partial charge >= 0.3 is 0 Å². The highest BCUT2D eigenvalue weighted by Crippen LogP contribution is 2.25. The van der Waals surface area contributed by atoms with Crippen LogP contribution in [0.5, 0.6) is 0 Å². The van der Waals surface area contributed by atoms with Crippen molar-refractivity contribution in [2.24, 2.45) is 16.6 Å². The highest BCUT2D eigenvalue weighted by molar-refractivity contribution is 14.0. The smallest absolute Gasteiger partial charge is 0.193 e. The fraction of sp³-hybridized carbons (Fsp3) is 0.316. The Morgan fingerprint density at radius 3 is 2.77 bits per heavy atom. The van der Waals surface area contributed by atoms with Gasteiger partial charge in [-0.3, -0.25) is 4.99 Å². The number of anilines is 2. The molecule has 3 N–H and O–H groups in total. The molecule has 1 aliphatic heterocycles. The van der Waals surface area contributed by atoms with Gasteiger partial charge in [-0.25, -0.2) is 8.78 Å². The van der Waals surface area contributed by atoms with Crippen LogP contribution < -0.4 is 16.0 Å². The molecule has 0 amide bonds. The Morgan fingerprint density at radius 2 is 2.04 bits per heavy atom. The van der Waals surface area contributed by atoms with Crippen molar-refractivity contribution in [3.05, 3.63) is 59.7 Å². The molecule has 2 aromatic rings. The largest absolute Gasteiger partial charge is 0.371 e. The van der Waals surface area contributed by atoms with Crippen LogP contribution in [0.2, 0.25) is 0 Å². The minimum atomic E-state index is -0.820. The fourth-order valence-electron chi connectivity index (χ4n) is 3.04. The number of guanidine groups is 1. The Hall–Kier alpha value is -1.90. The van der Waals surface area contributed by atoms with Gasteiger partial charge in [0.15, 0.2) is 17.6 Å². The van der Waals surface area contributed by atoms with E-state index in [4.69, 9.17) is 5.73 Å². The maximum atomic E-state index is 13.4. The van der Waals surface area contributed by atoms with Gasteiger partial charge in [-0.15, -0.1) is 24.0 Å². The summed E-state index contributed by atoms with van der Waals surface area (Å²) in [5.74, 6) is -0.910. The molecule has 1 atom stereocenters. The molecular formula is C19H23F2IN4. The molecule has 1 unspecified atom stereocenters. The van der Waals surface area contributed by atoms with Crippen molar-refractivity contribution in [2.75, 3.05) is 29.9 Å². The van der Waals surface area contributed by atoms with E-state index < -0.39 is 11.6 Å². The molecule has 26 heavy (non-hydrogen) atoms. The van der Waals surface area contributed by atoms with Crippen molar-refractivity contribution in [1.82, 2.24) is 0 Å². The van der Waals surface area contributed by atoms with Crippen molar-refractivity contribution >= 4 is 41.3 Å². The summed E-state index contributed by atoms with van der Waals surface area (Å²) in [7, 11) is 0. The summed E-state index contributed by atoms with van der Waals surface area (Å²) >= 11 is 0. The molecular weight excluding hydrogens is 449 g/mol. The second kappa shape index (κ2) is 9.16. The van der Waals surface area contributed by atoms with Gasteiger partial charge in [-0.05, 0) is 49.1 Å². The molecule has 1 heterocycles. The van der Waals surface area contributed by atoms with E-state index in [-0.39, 0.29) is 24.0 Å². The third-order valence-corrected chi connectivity index (χ3v) is 4.36. The van der Waals surface area contributed by atoms with E-state index in [0.717, 1.165) is 30.8 Å². The minimum absolute atomic E-state index is 0. The molecule has 7 heteroatoms. The summed E-state index contributed by atoms with van der Waals surface area (Å²) in [6.45, 7) is 4.18. The van der Waals surface area contributed by atoms with Gasteiger partial charge < -0.3 is 16.0 Å². The zero-order valence-electron chi connectivity index (χ0n) is 14.6. The van der Waals surface area contributed by atoms with Crippen LogP contribution >= 0.6 is 24.0 Å². The van der Waals surface area contributed by atoms with Crippen LogP contribution in [0, 0.1) is 24.5 Å². The quantitative estimate of drug-likeness (QED) is 0.400. The lowest BCUT2D eigenvalue weighted by Crippen LogP contribution is -2.25. The molecule has 0 saturated carbocycles. The molecule has 2 aromatic carbocycles. The predicted molar refractivity (Wildman–Crippen MR) is 113 cm³/mol. The topological polar surface area (TPSA) is 53.6 Å². The predicted octanol–water partition coefficient (Wildman–Crippen LogP) is 4.14. The van der Waals surface area contributed by atoms with Crippen LogP contribution in [-0.4, -0.2) is 25.6 Å². The van der Waals surface area contributed by atoms with Gasteiger partial charge in [0.2, 0.25) is 0 Å². The lowest BCUT2D eigenvalue weighted by molar-refractivity contribution is 0.508. The van der Waals surface area contributed by atoms with E-state index in [9.17, 15) is 8.78 Å². The maximum Gasteiger partial charge on any atom is 0.193 e. The van der Waals surface area contributed by atoms with Crippen molar-refractivity contribution in [1.29, 1.82) is 0 Å². The normalized spacial score (nSPS) is 17.1. The summed E-state index contributed by atoms with van der Waals surface area (Å²) in [6.07, 6.45) is 0.945. The second-order valence-electron chi connectivity index (χ2n) is 6.42. The van der Waals surface area contributed by atoms with Gasteiger partial charge in [0, 0.05) is 37.1 Å². The van der Waals surface area contributed by atoms with Crippen molar-refractivity contribution in [2.45, 2.75) is 13.3 Å². The van der Waals surface area contributed by atoms with Crippen molar-refractivity contribution in [3.63, 3.8) is 0 Å². The number of nitrogens with one attached hydrogen (secondary N) is 1. The molecule has 0 aromatic heterocycles. The first-order valence-corrected chi connectivity index (χ1v) is 8.35. The molecule has 1 saturated heterocycles. The monoisotopic (exact) mass is 472 g/mol. The Kier molecular flexibility index (Phi) is 7.19. The summed E-state index contributed by atoms with van der Waals surface area (Å²) < 4.78 is 26.4. The van der Waals surface area contributed by atoms with E-state index >= 15 is 0 Å². The van der Waals surface area contributed by atoms with Crippen molar-refractivity contribution < 1.29 is 8.78 Å². The molecule has 1 aliphatic rings. The summed E-state index contributed by atoms with van der Waals surface area (Å²) in [4.78, 5) is 6.46. The Morgan fingerprint density at radius 1 is 1.23 bits per heavy atom. The van der Waals surface area contributed by atoms with Crippen LogP contribution in [0.1, 0.15) is 12.0 Å². The third-order valence-electron chi connectivity index (χ3n) is 4.36. The standard InChI is InChI=1S/C19H22F2N4.HI/c1-13-3-2-4-15(9-13)24-19(22)23-11-14-7-8-25(12-14)16-5-6-17(20)18(21)10-16;/h2-6,9-10,14H,7-8,11-12H2,1H3,(H3,22,23,24);1H. The number of nitrogens with zero attached hydrogens (tertiary/aromatic N) is 2. The first-order chi connectivity index (χ1) is 12.0. The van der Waals surface area contributed by atoms with Crippen LogP contribution in [0.3, 0.4) is 0 Å². The molecule has 0 bridgehead atoms. The van der Waals surface area contributed by atoms with E-state index in [1.807, 2.05) is 36.1 Å². The van der Waals surface area contributed by atoms with E-state index in [1.54, 1.807) is 6.07 Å². The van der Waals surface area contributed by atoms with Crippen LogP contribution in [0.15, 0.2) is 47.5 Å². The number of rotatable bonds is 4. The lowest BCUT2D eigenvalue weighted by atomic mass is 10.1. The fourth-order valence-corrected chi connectivity index (χ4v) is 3.04. The number of halogens is 3. The lowest BCUT2D eigenvalue weighted by Gasteiger charge is -2.18. The molecule has 1 fully saturated rings. The van der Waals surface area contributed by atoms with E-state index in [1.165, 1.54) is 12.1 Å². The van der Waals surface area contributed by atoms with Gasteiger partial charge in [-0.2, -0.15) is 0 Å². The molecule has 3 rings (SSSR count). The number of benzene rings is 2. The highest BCUT2D eigenvalue weighted by atomic mass is 127. The zero-order chi connectivity index (χ0) is 17.8. The summed E-state index contributed by atoms with van der Waals surface area (Å²) in [5, 5.41) is 3.09. The number of hydrogen-bond acceptors (Lipinski definition) is 2. The van der Waals surface area contributed by atoms with Crippen LogP contribution in [0.25, 0.3) is 0 Å². The van der Waals surface area contributed by atoms with Gasteiger partial charge in [0.25, 0.3) is 0 Å². The first-order valence-electron chi connectivity index (χ1n) is 8.35. The number of hydrogen-bond donors (Lipinski definition) is 2. The van der Waals surface area contributed by atoms with Crippen LogP contribution in [-0.2, 0) is 0 Å². The zero-order valence-corrected chi connectivity index (χ0v) is 16.9. The Labute approximate surface area is 169 Å². The third kappa shape index (κ3) is 5.30. The van der Waals surface area contributed by atoms with Crippen molar-refractivity contribution in [3.8, 4) is 0 Å². The minimum Gasteiger partial charge on any atom is -0.371 e. The Balaban J connectivity index is 0.00000243. The van der Waals surface area contributed by atoms with E-state index in [0.29, 0.717) is 24.1 Å². The van der Waals surface area contributed by atoms with Gasteiger partial charge in [-0.1, -0.05) is 12.1 Å². The number of nitrogens with two attached hydrogens (primary N) is 1. The number of aliphatic imine (C=N–C) groups is 1. The van der Waals surface area contributed by atoms with Gasteiger partial charge in [0.1, 0.15) is 0 Å². The van der Waals surface area contributed by atoms with Crippen LogP contribution in [0.4, 0.5) is 20.2 Å². The first kappa shape index (κ1) is 20.4. The highest BCUT2D eigenvalue weighted by Gasteiger charge is 2.23. The average molecular weight is 472 g/mol. The average Bonchev–Trinajstić information content (AvgIpc) is 3.04. The SMILES string of the molecule is Cc1cccc(NC(N)=NCC2CCN(c3ccc(F)c(F)c3)C2)c1.I. The van der Waals surface area contributed by atoms with Gasteiger partial charge in [0.05, 0.1) is 0 Å². The molecule has 4 nitrogen and oxygen atoms in total. The summed E-state index contributed by atoms with van der Waals surface area (Å²) in [5.41, 5.74) is 8.72. The molecule has 0 spiro atoms.